The van der Waals surface area contributed by atoms with E-state index in [0.717, 1.165) is 12.8 Å². The van der Waals surface area contributed by atoms with Crippen molar-refractivity contribution < 1.29 is 8.42 Å². The lowest BCUT2D eigenvalue weighted by molar-refractivity contribution is 0.160. The molecule has 1 N–H and O–H groups in total. The number of nitrogens with zero attached hydrogens (tertiary/aromatic N) is 2. The molecule has 2 aliphatic rings. The molecule has 1 aromatic heterocycles. The Labute approximate surface area is 126 Å². The van der Waals surface area contributed by atoms with Gasteiger partial charge in [-0.3, -0.25) is 0 Å². The number of sulfonamides is 1. The summed E-state index contributed by atoms with van der Waals surface area (Å²) in [5, 5.41) is 3.07. The van der Waals surface area contributed by atoms with E-state index in [4.69, 9.17) is 0 Å². The minimum absolute atomic E-state index is 0.148. The molecule has 0 atom stereocenters. The number of pyridine rings is 1. The topological polar surface area (TPSA) is 62.3 Å². The Bertz CT molecular complexity index is 599. The Morgan fingerprint density at radius 1 is 1.19 bits per heavy atom. The number of piperidine rings is 1. The summed E-state index contributed by atoms with van der Waals surface area (Å²) in [7, 11) is -1.77. The van der Waals surface area contributed by atoms with Gasteiger partial charge in [0.2, 0.25) is 0 Å². The van der Waals surface area contributed by atoms with E-state index in [-0.39, 0.29) is 5.03 Å². The molecule has 0 amide bonds. The standard InChI is InChI=1S/C15H23N3O2S/c1-16-13-5-4-10-17-14(13)21(19,20)18-11-8-15(9-12-18)6-2-3-7-15/h4-5,10,16H,2-3,6-9,11-12H2,1H3. The minimum Gasteiger partial charge on any atom is -0.386 e. The van der Waals surface area contributed by atoms with Crippen molar-refractivity contribution in [3.63, 3.8) is 0 Å². The van der Waals surface area contributed by atoms with Crippen molar-refractivity contribution >= 4 is 15.7 Å². The number of hydrogen-bond acceptors (Lipinski definition) is 4. The van der Waals surface area contributed by atoms with E-state index in [1.807, 2.05) is 0 Å². The van der Waals surface area contributed by atoms with E-state index in [0.29, 0.717) is 24.2 Å². The summed E-state index contributed by atoms with van der Waals surface area (Å²) >= 11 is 0. The van der Waals surface area contributed by atoms with Gasteiger partial charge in [0.1, 0.15) is 0 Å². The molecule has 0 bridgehead atoms. The van der Waals surface area contributed by atoms with E-state index in [2.05, 4.69) is 10.3 Å². The molecule has 0 aromatic carbocycles. The van der Waals surface area contributed by atoms with Crippen molar-refractivity contribution in [2.24, 2.45) is 5.41 Å². The summed E-state index contributed by atoms with van der Waals surface area (Å²) in [5.41, 5.74) is 0.987. The van der Waals surface area contributed by atoms with Crippen LogP contribution in [0.4, 0.5) is 5.69 Å². The van der Waals surface area contributed by atoms with Gasteiger partial charge in [-0.15, -0.1) is 0 Å². The second kappa shape index (κ2) is 5.57. The van der Waals surface area contributed by atoms with Crippen molar-refractivity contribution in [3.8, 4) is 0 Å². The van der Waals surface area contributed by atoms with Crippen LogP contribution in [0.25, 0.3) is 0 Å². The highest BCUT2D eigenvalue weighted by molar-refractivity contribution is 7.89. The van der Waals surface area contributed by atoms with Gasteiger partial charge >= 0.3 is 0 Å². The second-order valence-electron chi connectivity index (χ2n) is 6.22. The van der Waals surface area contributed by atoms with Gasteiger partial charge in [0.05, 0.1) is 5.69 Å². The lowest BCUT2D eigenvalue weighted by Crippen LogP contribution is -2.42. The number of nitrogens with one attached hydrogen (secondary N) is 1. The molecule has 21 heavy (non-hydrogen) atoms. The third-order valence-corrected chi connectivity index (χ3v) is 6.93. The predicted octanol–water partition coefficient (Wildman–Crippen LogP) is 2.47. The lowest BCUT2D eigenvalue weighted by atomic mass is 9.78. The van der Waals surface area contributed by atoms with Crippen molar-refractivity contribution in [2.75, 3.05) is 25.5 Å². The van der Waals surface area contributed by atoms with Crippen LogP contribution in [0.2, 0.25) is 0 Å². The molecule has 1 saturated heterocycles. The minimum atomic E-state index is -3.49. The van der Waals surface area contributed by atoms with Crippen LogP contribution in [-0.4, -0.2) is 37.8 Å². The van der Waals surface area contributed by atoms with Crippen LogP contribution in [-0.2, 0) is 10.0 Å². The Balaban J connectivity index is 1.80. The third kappa shape index (κ3) is 2.66. The van der Waals surface area contributed by atoms with Crippen LogP contribution in [0.15, 0.2) is 23.4 Å². The predicted molar refractivity (Wildman–Crippen MR) is 82.7 cm³/mol. The maximum Gasteiger partial charge on any atom is 0.262 e. The molecule has 0 radical (unpaired) electrons. The van der Waals surface area contributed by atoms with Gasteiger partial charge in [-0.2, -0.15) is 4.31 Å². The molecule has 1 spiro atoms. The van der Waals surface area contributed by atoms with Crippen LogP contribution in [0.3, 0.4) is 0 Å². The fourth-order valence-electron chi connectivity index (χ4n) is 3.73. The van der Waals surface area contributed by atoms with Crippen LogP contribution in [0, 0.1) is 5.41 Å². The number of aromatic nitrogens is 1. The highest BCUT2D eigenvalue weighted by Gasteiger charge is 2.40. The van der Waals surface area contributed by atoms with E-state index in [1.54, 1.807) is 23.5 Å². The second-order valence-corrected chi connectivity index (χ2v) is 8.07. The average molecular weight is 309 g/mol. The zero-order valence-electron chi connectivity index (χ0n) is 12.5. The lowest BCUT2D eigenvalue weighted by Gasteiger charge is -2.38. The molecule has 1 aliphatic carbocycles. The van der Waals surface area contributed by atoms with Gasteiger partial charge in [-0.05, 0) is 43.2 Å². The van der Waals surface area contributed by atoms with Gasteiger partial charge in [0, 0.05) is 26.3 Å². The first-order valence-corrected chi connectivity index (χ1v) is 9.14. The summed E-state index contributed by atoms with van der Waals surface area (Å²) in [6.07, 6.45) is 8.67. The third-order valence-electron chi connectivity index (χ3n) is 5.07. The Morgan fingerprint density at radius 3 is 2.48 bits per heavy atom. The van der Waals surface area contributed by atoms with E-state index in [1.165, 1.54) is 31.9 Å². The average Bonchev–Trinajstić information content (AvgIpc) is 2.96. The highest BCUT2D eigenvalue weighted by atomic mass is 32.2. The van der Waals surface area contributed by atoms with Crippen LogP contribution in [0.1, 0.15) is 38.5 Å². The first kappa shape index (κ1) is 14.8. The monoisotopic (exact) mass is 309 g/mol. The molecule has 2 fully saturated rings. The Morgan fingerprint density at radius 2 is 1.86 bits per heavy atom. The van der Waals surface area contributed by atoms with Crippen LogP contribution >= 0.6 is 0 Å². The van der Waals surface area contributed by atoms with Gasteiger partial charge < -0.3 is 5.32 Å². The van der Waals surface area contributed by atoms with Crippen molar-refractivity contribution in [1.29, 1.82) is 0 Å². The van der Waals surface area contributed by atoms with E-state index in [9.17, 15) is 8.42 Å². The molecule has 5 nitrogen and oxygen atoms in total. The molecule has 1 saturated carbocycles. The summed E-state index contributed by atoms with van der Waals surface area (Å²) in [6.45, 7) is 1.25. The zero-order valence-corrected chi connectivity index (χ0v) is 13.3. The fraction of sp³-hybridized carbons (Fsp3) is 0.667. The van der Waals surface area contributed by atoms with Gasteiger partial charge in [0.25, 0.3) is 10.0 Å². The van der Waals surface area contributed by atoms with Crippen LogP contribution < -0.4 is 5.32 Å². The summed E-state index contributed by atoms with van der Waals surface area (Å²) in [5.74, 6) is 0. The van der Waals surface area contributed by atoms with Crippen LogP contribution in [0.5, 0.6) is 0 Å². The normalized spacial score (nSPS) is 22.5. The highest BCUT2D eigenvalue weighted by Crippen LogP contribution is 2.46. The fourth-order valence-corrected chi connectivity index (χ4v) is 5.28. The summed E-state index contributed by atoms with van der Waals surface area (Å²) in [4.78, 5) is 4.09. The molecular weight excluding hydrogens is 286 g/mol. The molecular formula is C15H23N3O2S. The van der Waals surface area contributed by atoms with Gasteiger partial charge in [-0.25, -0.2) is 13.4 Å². The molecule has 116 valence electrons. The van der Waals surface area contributed by atoms with Gasteiger partial charge in [-0.1, -0.05) is 12.8 Å². The molecule has 0 unspecified atom stereocenters. The van der Waals surface area contributed by atoms with Crippen molar-refractivity contribution in [2.45, 2.75) is 43.6 Å². The first-order valence-electron chi connectivity index (χ1n) is 7.70. The molecule has 6 heteroatoms. The molecule has 2 heterocycles. The summed E-state index contributed by atoms with van der Waals surface area (Å²) in [6, 6.07) is 3.50. The molecule has 1 aliphatic heterocycles. The Kier molecular flexibility index (Phi) is 3.92. The van der Waals surface area contributed by atoms with E-state index < -0.39 is 10.0 Å². The van der Waals surface area contributed by atoms with Gasteiger partial charge in [0.15, 0.2) is 5.03 Å². The largest absolute Gasteiger partial charge is 0.386 e. The SMILES string of the molecule is CNc1cccnc1S(=O)(=O)N1CCC2(CCCC2)CC1. The molecule has 3 rings (SSSR count). The molecule has 1 aromatic rings. The quantitative estimate of drug-likeness (QED) is 0.931. The number of anilines is 1. The smallest absolute Gasteiger partial charge is 0.262 e. The first-order chi connectivity index (χ1) is 10.1. The maximum atomic E-state index is 12.8. The number of hydrogen-bond donors (Lipinski definition) is 1. The van der Waals surface area contributed by atoms with Crippen molar-refractivity contribution in [1.82, 2.24) is 9.29 Å². The van der Waals surface area contributed by atoms with Crippen molar-refractivity contribution in [3.05, 3.63) is 18.3 Å². The Hall–Kier alpha value is -1.14. The van der Waals surface area contributed by atoms with E-state index >= 15 is 0 Å². The maximum absolute atomic E-state index is 12.8. The number of rotatable bonds is 3. The summed E-state index contributed by atoms with van der Waals surface area (Å²) < 4.78 is 27.2. The zero-order chi connectivity index (χ0) is 14.9.